The second kappa shape index (κ2) is 8.12. The zero-order valence-electron chi connectivity index (χ0n) is 12.8. The number of carboxylic acids is 1. The summed E-state index contributed by atoms with van der Waals surface area (Å²) in [5, 5.41) is 11.6. The summed E-state index contributed by atoms with van der Waals surface area (Å²) in [7, 11) is 0. The number of rotatable bonds is 6. The Morgan fingerprint density at radius 1 is 1.23 bits per heavy atom. The maximum absolute atomic E-state index is 11.9. The quantitative estimate of drug-likeness (QED) is 0.697. The Labute approximate surface area is 130 Å². The van der Waals surface area contributed by atoms with Crippen LogP contribution in [0.1, 0.15) is 44.9 Å². The number of carbonyl (C=O) groups is 3. The number of hydrogen-bond donors (Lipinski definition) is 2. The van der Waals surface area contributed by atoms with Crippen LogP contribution >= 0.6 is 0 Å². The van der Waals surface area contributed by atoms with Gasteiger partial charge in [0.05, 0.1) is 0 Å². The number of ether oxygens (including phenoxy) is 1. The molecule has 2 amide bonds. The van der Waals surface area contributed by atoms with Gasteiger partial charge in [0.25, 0.3) is 0 Å². The van der Waals surface area contributed by atoms with Crippen molar-refractivity contribution in [1.82, 2.24) is 10.2 Å². The number of carbonyl (C=O) groups excluding carboxylic acids is 2. The Balaban J connectivity index is 1.63. The summed E-state index contributed by atoms with van der Waals surface area (Å²) in [6.07, 6.45) is 3.71. The second-order valence-electron chi connectivity index (χ2n) is 5.86. The van der Waals surface area contributed by atoms with Crippen LogP contribution in [0.3, 0.4) is 0 Å². The van der Waals surface area contributed by atoms with E-state index in [0.717, 1.165) is 25.8 Å². The fourth-order valence-electron chi connectivity index (χ4n) is 2.88. The maximum Gasteiger partial charge on any atom is 0.332 e. The van der Waals surface area contributed by atoms with E-state index in [0.29, 0.717) is 38.8 Å². The fourth-order valence-corrected chi connectivity index (χ4v) is 2.88. The molecule has 0 saturated carbocycles. The average Bonchev–Trinajstić information content (AvgIpc) is 2.90. The molecule has 22 heavy (non-hydrogen) atoms. The molecule has 0 aromatic carbocycles. The van der Waals surface area contributed by atoms with E-state index >= 15 is 0 Å². The van der Waals surface area contributed by atoms with Gasteiger partial charge in [-0.25, -0.2) is 4.79 Å². The lowest BCUT2D eigenvalue weighted by Gasteiger charge is -2.20. The Hall–Kier alpha value is -1.63. The number of nitrogens with one attached hydrogen (secondary N) is 1. The zero-order chi connectivity index (χ0) is 15.9. The smallest absolute Gasteiger partial charge is 0.332 e. The molecule has 0 unspecified atom stereocenters. The summed E-state index contributed by atoms with van der Waals surface area (Å²) < 4.78 is 5.19. The molecule has 0 spiro atoms. The molecule has 2 heterocycles. The minimum absolute atomic E-state index is 0.201. The van der Waals surface area contributed by atoms with Crippen molar-refractivity contribution in [2.45, 2.75) is 57.2 Å². The van der Waals surface area contributed by atoms with Crippen LogP contribution in [-0.2, 0) is 19.1 Å². The van der Waals surface area contributed by atoms with E-state index in [1.165, 1.54) is 0 Å². The number of aliphatic carboxylic acids is 1. The molecule has 7 heteroatoms. The molecule has 7 nitrogen and oxygen atoms in total. The summed E-state index contributed by atoms with van der Waals surface area (Å²) in [4.78, 5) is 36.3. The molecule has 0 radical (unpaired) electrons. The van der Waals surface area contributed by atoms with Crippen LogP contribution in [0.25, 0.3) is 0 Å². The third-order valence-corrected chi connectivity index (χ3v) is 4.16. The summed E-state index contributed by atoms with van der Waals surface area (Å²) in [5.41, 5.74) is 0. The molecule has 0 bridgehead atoms. The van der Waals surface area contributed by atoms with Crippen LogP contribution in [-0.4, -0.2) is 59.6 Å². The summed E-state index contributed by atoms with van der Waals surface area (Å²) in [6, 6.07) is 0. The van der Waals surface area contributed by atoms with E-state index in [2.05, 4.69) is 5.32 Å². The van der Waals surface area contributed by atoms with Crippen LogP contribution in [0.5, 0.6) is 0 Å². The van der Waals surface area contributed by atoms with Gasteiger partial charge in [0.2, 0.25) is 11.8 Å². The van der Waals surface area contributed by atoms with Crippen LogP contribution in [0.15, 0.2) is 0 Å². The van der Waals surface area contributed by atoms with Gasteiger partial charge in [-0.2, -0.15) is 0 Å². The number of amides is 2. The highest BCUT2D eigenvalue weighted by atomic mass is 16.5. The lowest BCUT2D eigenvalue weighted by molar-refractivity contribution is -0.151. The SMILES string of the molecule is O=C(NCCCN1CCCCCC1=O)[C@@H]1CC[C@H](C(=O)O)O1. The molecular formula is C15H24N2O5. The van der Waals surface area contributed by atoms with Gasteiger partial charge in [-0.3, -0.25) is 9.59 Å². The highest BCUT2D eigenvalue weighted by Crippen LogP contribution is 2.19. The van der Waals surface area contributed by atoms with Gasteiger partial charge in [0, 0.05) is 26.1 Å². The number of likely N-dealkylation sites (tertiary alicyclic amines) is 1. The first-order chi connectivity index (χ1) is 10.6. The predicted octanol–water partition coefficient (Wildman–Crippen LogP) is 0.528. The Bertz CT molecular complexity index is 426. The van der Waals surface area contributed by atoms with E-state index in [1.807, 2.05) is 4.90 Å². The van der Waals surface area contributed by atoms with Crippen LogP contribution in [0, 0.1) is 0 Å². The molecule has 0 aliphatic carbocycles. The van der Waals surface area contributed by atoms with Gasteiger partial charge >= 0.3 is 5.97 Å². The number of nitrogens with zero attached hydrogens (tertiary/aromatic N) is 1. The third-order valence-electron chi connectivity index (χ3n) is 4.16. The lowest BCUT2D eigenvalue weighted by atomic mass is 10.2. The van der Waals surface area contributed by atoms with Gasteiger partial charge in [-0.1, -0.05) is 6.42 Å². The van der Waals surface area contributed by atoms with E-state index in [-0.39, 0.29) is 11.8 Å². The lowest BCUT2D eigenvalue weighted by Crippen LogP contribution is -2.38. The minimum Gasteiger partial charge on any atom is -0.479 e. The van der Waals surface area contributed by atoms with E-state index < -0.39 is 18.2 Å². The van der Waals surface area contributed by atoms with Crippen molar-refractivity contribution in [2.24, 2.45) is 0 Å². The third kappa shape index (κ3) is 4.69. The number of carboxylic acid groups (broad SMARTS) is 1. The maximum atomic E-state index is 11.9. The monoisotopic (exact) mass is 312 g/mol. The average molecular weight is 312 g/mol. The number of hydrogen-bond acceptors (Lipinski definition) is 4. The predicted molar refractivity (Wildman–Crippen MR) is 78.2 cm³/mol. The zero-order valence-corrected chi connectivity index (χ0v) is 12.8. The van der Waals surface area contributed by atoms with Gasteiger partial charge in [-0.15, -0.1) is 0 Å². The summed E-state index contributed by atoms with van der Waals surface area (Å²) in [5.74, 6) is -1.08. The minimum atomic E-state index is -1.02. The molecule has 0 aromatic rings. The molecular weight excluding hydrogens is 288 g/mol. The largest absolute Gasteiger partial charge is 0.479 e. The van der Waals surface area contributed by atoms with Crippen molar-refractivity contribution in [1.29, 1.82) is 0 Å². The Kier molecular flexibility index (Phi) is 6.18. The van der Waals surface area contributed by atoms with Crippen LogP contribution in [0.4, 0.5) is 0 Å². The first kappa shape index (κ1) is 16.7. The van der Waals surface area contributed by atoms with Crippen molar-refractivity contribution >= 4 is 17.8 Å². The molecule has 2 atom stereocenters. The second-order valence-corrected chi connectivity index (χ2v) is 5.86. The molecule has 2 fully saturated rings. The molecule has 2 N–H and O–H groups in total. The van der Waals surface area contributed by atoms with Crippen molar-refractivity contribution in [3.05, 3.63) is 0 Å². The fraction of sp³-hybridized carbons (Fsp3) is 0.800. The molecule has 0 aromatic heterocycles. The summed E-state index contributed by atoms with van der Waals surface area (Å²) >= 11 is 0. The van der Waals surface area contributed by atoms with Crippen molar-refractivity contribution in [2.75, 3.05) is 19.6 Å². The standard InChI is InChI=1S/C15H24N2O5/c18-13-5-2-1-3-9-17(13)10-4-8-16-14(19)11-6-7-12(22-11)15(20)21/h11-12H,1-10H2,(H,16,19)(H,20,21)/t11-,12+/m0/s1. The van der Waals surface area contributed by atoms with Crippen molar-refractivity contribution in [3.63, 3.8) is 0 Å². The molecule has 124 valence electrons. The Morgan fingerprint density at radius 3 is 2.73 bits per heavy atom. The molecule has 2 saturated heterocycles. The van der Waals surface area contributed by atoms with E-state index in [9.17, 15) is 14.4 Å². The van der Waals surface area contributed by atoms with Crippen molar-refractivity contribution < 1.29 is 24.2 Å². The highest BCUT2D eigenvalue weighted by molar-refractivity contribution is 5.82. The van der Waals surface area contributed by atoms with Gasteiger partial charge in [0.1, 0.15) is 6.10 Å². The molecule has 2 rings (SSSR count). The molecule has 2 aliphatic heterocycles. The van der Waals surface area contributed by atoms with Crippen LogP contribution < -0.4 is 5.32 Å². The van der Waals surface area contributed by atoms with E-state index in [1.54, 1.807) is 0 Å². The highest BCUT2D eigenvalue weighted by Gasteiger charge is 2.34. The molecule has 2 aliphatic rings. The van der Waals surface area contributed by atoms with Gasteiger partial charge in [-0.05, 0) is 32.1 Å². The normalized spacial score (nSPS) is 25.8. The van der Waals surface area contributed by atoms with Crippen molar-refractivity contribution in [3.8, 4) is 0 Å². The van der Waals surface area contributed by atoms with E-state index in [4.69, 9.17) is 9.84 Å². The van der Waals surface area contributed by atoms with Crippen LogP contribution in [0.2, 0.25) is 0 Å². The first-order valence-corrected chi connectivity index (χ1v) is 8.01. The first-order valence-electron chi connectivity index (χ1n) is 8.01. The van der Waals surface area contributed by atoms with Gasteiger partial charge in [0.15, 0.2) is 6.10 Å². The van der Waals surface area contributed by atoms with Gasteiger partial charge < -0.3 is 20.1 Å². The topological polar surface area (TPSA) is 95.9 Å². The summed E-state index contributed by atoms with van der Waals surface area (Å²) in [6.45, 7) is 1.93. The Morgan fingerprint density at radius 2 is 2.00 bits per heavy atom.